The van der Waals surface area contributed by atoms with Crippen LogP contribution in [0.25, 0.3) is 10.8 Å². The maximum Gasteiger partial charge on any atom is 0.267 e. The normalized spacial score (nSPS) is 23.9. The summed E-state index contributed by atoms with van der Waals surface area (Å²) in [5.41, 5.74) is -0.146. The van der Waals surface area contributed by atoms with Crippen molar-refractivity contribution in [1.82, 2.24) is 20.0 Å². The number of piperidine rings is 1. The van der Waals surface area contributed by atoms with Gasteiger partial charge >= 0.3 is 0 Å². The fraction of sp³-hybridized carbons (Fsp3) is 0.478. The molecule has 3 heterocycles. The summed E-state index contributed by atoms with van der Waals surface area (Å²) in [6.07, 6.45) is 7.02. The molecule has 1 saturated carbocycles. The molecule has 3 atom stereocenters. The molecule has 1 aliphatic heterocycles. The average molecular weight is 421 g/mol. The first-order valence-electron chi connectivity index (χ1n) is 11.2. The van der Waals surface area contributed by atoms with E-state index in [9.17, 15) is 9.90 Å². The number of aliphatic hydroxyl groups is 1. The first-order valence-corrected chi connectivity index (χ1v) is 11.2. The third-order valence-corrected chi connectivity index (χ3v) is 6.57. The molecule has 2 fully saturated rings. The van der Waals surface area contributed by atoms with Crippen LogP contribution in [-0.4, -0.2) is 50.3 Å². The van der Waals surface area contributed by atoms with Crippen LogP contribution in [0.3, 0.4) is 0 Å². The van der Waals surface area contributed by atoms with Crippen molar-refractivity contribution in [1.29, 1.82) is 0 Å². The maximum absolute atomic E-state index is 12.4. The highest BCUT2D eigenvalue weighted by atomic mass is 16.3. The van der Waals surface area contributed by atoms with E-state index in [0.29, 0.717) is 0 Å². The van der Waals surface area contributed by atoms with Crippen LogP contribution in [-0.2, 0) is 0 Å². The smallest absolute Gasteiger partial charge is 0.267 e. The van der Waals surface area contributed by atoms with E-state index in [4.69, 9.17) is 5.10 Å². The Morgan fingerprint density at radius 1 is 1.06 bits per heavy atom. The topological polar surface area (TPSA) is 96.2 Å². The summed E-state index contributed by atoms with van der Waals surface area (Å²) in [5, 5.41) is 29.0. The molecule has 2 aliphatic rings. The Morgan fingerprint density at radius 3 is 2.84 bits per heavy atom. The van der Waals surface area contributed by atoms with Crippen molar-refractivity contribution in [2.24, 2.45) is 0 Å². The zero-order valence-electron chi connectivity index (χ0n) is 17.5. The molecule has 2 aromatic heterocycles. The van der Waals surface area contributed by atoms with Gasteiger partial charge in [0, 0.05) is 36.0 Å². The maximum atomic E-state index is 12.4. The molecule has 8 nitrogen and oxygen atoms in total. The van der Waals surface area contributed by atoms with Crippen molar-refractivity contribution >= 4 is 22.4 Å². The SMILES string of the molecule is O=c1ccc(N2CCCCC2CNc2nncc3ccccc23)nn1C1CCCC1O. The van der Waals surface area contributed by atoms with Gasteiger partial charge in [0.15, 0.2) is 5.82 Å². The lowest BCUT2D eigenvalue weighted by atomic mass is 10.0. The van der Waals surface area contributed by atoms with E-state index in [0.717, 1.165) is 74.0 Å². The summed E-state index contributed by atoms with van der Waals surface area (Å²) >= 11 is 0. The van der Waals surface area contributed by atoms with Crippen molar-refractivity contribution in [3.63, 3.8) is 0 Å². The van der Waals surface area contributed by atoms with Gasteiger partial charge in [-0.25, -0.2) is 4.68 Å². The quantitative estimate of drug-likeness (QED) is 0.655. The number of hydrogen-bond acceptors (Lipinski definition) is 7. The highest BCUT2D eigenvalue weighted by Crippen LogP contribution is 2.30. The zero-order chi connectivity index (χ0) is 21.2. The first-order chi connectivity index (χ1) is 15.2. The van der Waals surface area contributed by atoms with Gasteiger partial charge in [0.25, 0.3) is 5.56 Å². The van der Waals surface area contributed by atoms with Crippen LogP contribution in [0.5, 0.6) is 0 Å². The van der Waals surface area contributed by atoms with E-state index < -0.39 is 6.10 Å². The fourth-order valence-electron chi connectivity index (χ4n) is 4.90. The standard InChI is InChI=1S/C23H28N6O2/c30-20-10-5-9-19(20)29-22(31)12-11-21(27-29)28-13-4-3-7-17(28)15-24-23-18-8-2-1-6-16(18)14-25-26-23/h1-2,6,8,11-12,14,17,19-20,30H,3-5,7,9-10,13,15H2,(H,24,26). The number of nitrogens with one attached hydrogen (secondary N) is 1. The third kappa shape index (κ3) is 3.99. The molecule has 0 amide bonds. The third-order valence-electron chi connectivity index (χ3n) is 6.57. The molecule has 3 aromatic rings. The second kappa shape index (κ2) is 8.63. The molecule has 31 heavy (non-hydrogen) atoms. The summed E-state index contributed by atoms with van der Waals surface area (Å²) in [5.74, 6) is 1.59. The Hall–Kier alpha value is -3.00. The second-order valence-electron chi connectivity index (χ2n) is 8.54. The minimum absolute atomic E-state index is 0.146. The molecule has 2 N–H and O–H groups in total. The van der Waals surface area contributed by atoms with Crippen LogP contribution in [0.4, 0.5) is 11.6 Å². The number of aliphatic hydroxyl groups excluding tert-OH is 1. The van der Waals surface area contributed by atoms with Crippen LogP contribution in [0.15, 0.2) is 47.4 Å². The average Bonchev–Trinajstić information content (AvgIpc) is 3.24. The number of nitrogens with zero attached hydrogens (tertiary/aromatic N) is 5. The number of benzene rings is 1. The van der Waals surface area contributed by atoms with Gasteiger partial charge in [0.05, 0.1) is 18.3 Å². The van der Waals surface area contributed by atoms with Crippen LogP contribution in [0.1, 0.15) is 44.6 Å². The van der Waals surface area contributed by atoms with Gasteiger partial charge in [-0.15, -0.1) is 5.10 Å². The van der Waals surface area contributed by atoms with Crippen molar-refractivity contribution in [3.05, 3.63) is 52.9 Å². The highest BCUT2D eigenvalue weighted by molar-refractivity contribution is 5.90. The van der Waals surface area contributed by atoms with Gasteiger partial charge in [0.2, 0.25) is 0 Å². The zero-order valence-corrected chi connectivity index (χ0v) is 17.5. The largest absolute Gasteiger partial charge is 0.391 e. The lowest BCUT2D eigenvalue weighted by Gasteiger charge is -2.37. The highest BCUT2D eigenvalue weighted by Gasteiger charge is 2.30. The first kappa shape index (κ1) is 19.9. The van der Waals surface area contributed by atoms with Crippen LogP contribution in [0.2, 0.25) is 0 Å². The molecule has 3 unspecified atom stereocenters. The lowest BCUT2D eigenvalue weighted by molar-refractivity contribution is 0.127. The molecular weight excluding hydrogens is 392 g/mol. The predicted octanol–water partition coefficient (Wildman–Crippen LogP) is 2.74. The van der Waals surface area contributed by atoms with E-state index in [1.165, 1.54) is 4.68 Å². The summed E-state index contributed by atoms with van der Waals surface area (Å²) in [7, 11) is 0. The van der Waals surface area contributed by atoms with Gasteiger partial charge in [0.1, 0.15) is 5.82 Å². The summed E-state index contributed by atoms with van der Waals surface area (Å²) in [6.45, 7) is 1.61. The summed E-state index contributed by atoms with van der Waals surface area (Å²) in [6, 6.07) is 11.5. The minimum atomic E-state index is -0.496. The molecule has 162 valence electrons. The number of aromatic nitrogens is 4. The van der Waals surface area contributed by atoms with E-state index in [1.807, 2.05) is 24.3 Å². The Bertz CT molecular complexity index is 1110. The van der Waals surface area contributed by atoms with Crippen molar-refractivity contribution in [2.45, 2.75) is 56.7 Å². The van der Waals surface area contributed by atoms with E-state index >= 15 is 0 Å². The predicted molar refractivity (Wildman–Crippen MR) is 120 cm³/mol. The molecule has 0 radical (unpaired) electrons. The molecule has 1 aromatic carbocycles. The molecule has 8 heteroatoms. The second-order valence-corrected chi connectivity index (χ2v) is 8.54. The Labute approximate surface area is 180 Å². The summed E-state index contributed by atoms with van der Waals surface area (Å²) in [4.78, 5) is 14.7. The molecule has 1 saturated heterocycles. The van der Waals surface area contributed by atoms with E-state index in [-0.39, 0.29) is 17.6 Å². The van der Waals surface area contributed by atoms with E-state index in [2.05, 4.69) is 26.5 Å². The molecule has 0 bridgehead atoms. The molecular formula is C23H28N6O2. The Morgan fingerprint density at radius 2 is 1.97 bits per heavy atom. The number of hydrogen-bond donors (Lipinski definition) is 2. The van der Waals surface area contributed by atoms with Gasteiger partial charge in [-0.1, -0.05) is 24.3 Å². The molecule has 0 spiro atoms. The molecule has 5 rings (SSSR count). The van der Waals surface area contributed by atoms with Crippen molar-refractivity contribution < 1.29 is 5.11 Å². The van der Waals surface area contributed by atoms with Crippen LogP contribution >= 0.6 is 0 Å². The van der Waals surface area contributed by atoms with Gasteiger partial charge in [-0.2, -0.15) is 10.2 Å². The monoisotopic (exact) mass is 420 g/mol. The molecule has 1 aliphatic carbocycles. The Kier molecular flexibility index (Phi) is 5.55. The van der Waals surface area contributed by atoms with Crippen molar-refractivity contribution in [2.75, 3.05) is 23.3 Å². The van der Waals surface area contributed by atoms with Crippen LogP contribution < -0.4 is 15.8 Å². The van der Waals surface area contributed by atoms with Crippen molar-refractivity contribution in [3.8, 4) is 0 Å². The van der Waals surface area contributed by atoms with E-state index in [1.54, 1.807) is 12.3 Å². The van der Waals surface area contributed by atoms with Crippen LogP contribution in [0, 0.1) is 0 Å². The number of fused-ring (bicyclic) bond motifs is 1. The van der Waals surface area contributed by atoms with Gasteiger partial charge < -0.3 is 15.3 Å². The van der Waals surface area contributed by atoms with Gasteiger partial charge in [-0.05, 0) is 44.6 Å². The lowest BCUT2D eigenvalue weighted by Crippen LogP contribution is -2.45. The Balaban J connectivity index is 1.38. The van der Waals surface area contributed by atoms with Gasteiger partial charge in [-0.3, -0.25) is 4.79 Å². The number of rotatable bonds is 5. The minimum Gasteiger partial charge on any atom is -0.391 e. The number of anilines is 2. The summed E-state index contributed by atoms with van der Waals surface area (Å²) < 4.78 is 1.50. The fourth-order valence-corrected chi connectivity index (χ4v) is 4.90.